The molecule has 0 saturated heterocycles. The molecule has 1 atom stereocenters. The number of pyridine rings is 2. The van der Waals surface area contributed by atoms with Crippen LogP contribution in [-0.4, -0.2) is 24.6 Å². The average molecular weight is 417 g/mol. The van der Waals surface area contributed by atoms with E-state index in [0.29, 0.717) is 34.7 Å². The number of H-pyrrole nitrogens is 1. The minimum atomic E-state index is -1.58. The van der Waals surface area contributed by atoms with Crippen molar-refractivity contribution in [3.05, 3.63) is 76.1 Å². The van der Waals surface area contributed by atoms with Crippen LogP contribution in [0.25, 0.3) is 22.4 Å². The maximum atomic E-state index is 13.5. The maximum absolute atomic E-state index is 13.5. The highest BCUT2D eigenvalue weighted by atomic mass is 19.1. The van der Waals surface area contributed by atoms with Crippen molar-refractivity contribution < 1.29 is 9.50 Å². The van der Waals surface area contributed by atoms with Crippen LogP contribution in [0.3, 0.4) is 0 Å². The lowest BCUT2D eigenvalue weighted by Gasteiger charge is -2.17. The molecule has 156 valence electrons. The second-order valence-corrected chi connectivity index (χ2v) is 7.17. The van der Waals surface area contributed by atoms with Crippen LogP contribution in [0.1, 0.15) is 25.1 Å². The van der Waals surface area contributed by atoms with E-state index in [1.54, 1.807) is 35.2 Å². The molecule has 8 heteroatoms. The van der Waals surface area contributed by atoms with Crippen molar-refractivity contribution in [3.63, 3.8) is 0 Å². The molecule has 0 amide bonds. The number of hydrogen-bond acceptors (Lipinski definition) is 5. The number of fused-ring (bicyclic) bond motifs is 1. The van der Waals surface area contributed by atoms with Gasteiger partial charge in [-0.25, -0.2) is 14.4 Å². The van der Waals surface area contributed by atoms with Gasteiger partial charge in [-0.2, -0.15) is 0 Å². The molecule has 0 aliphatic carbocycles. The van der Waals surface area contributed by atoms with E-state index in [1.165, 1.54) is 25.1 Å². The number of nitrogen functional groups attached to an aromatic ring is 1. The number of halogens is 1. The Bertz CT molecular complexity index is 1400. The van der Waals surface area contributed by atoms with E-state index in [0.717, 1.165) is 0 Å². The van der Waals surface area contributed by atoms with Crippen molar-refractivity contribution in [1.82, 2.24) is 19.5 Å². The molecule has 1 unspecified atom stereocenters. The van der Waals surface area contributed by atoms with Crippen LogP contribution in [0.15, 0.2) is 53.6 Å². The average Bonchev–Trinajstić information content (AvgIpc) is 3.27. The van der Waals surface area contributed by atoms with Gasteiger partial charge in [0.15, 0.2) is 0 Å². The fourth-order valence-electron chi connectivity index (χ4n) is 3.40. The van der Waals surface area contributed by atoms with Crippen molar-refractivity contribution in [2.45, 2.75) is 26.0 Å². The molecular weight excluding hydrogens is 397 g/mol. The predicted molar refractivity (Wildman–Crippen MR) is 117 cm³/mol. The number of nitrogens with one attached hydrogen (secondary N) is 1. The van der Waals surface area contributed by atoms with Gasteiger partial charge in [-0.1, -0.05) is 18.1 Å². The maximum Gasteiger partial charge on any atom is 0.204 e. The minimum absolute atomic E-state index is 0.249. The van der Waals surface area contributed by atoms with Crippen LogP contribution in [-0.2, 0) is 12.1 Å². The standard InChI is InChI=1S/C23H20FN5O2/c1-3-29-20(25)18(21-26-11-12-27-21)19(30)17-8-7-16(28-22(17)29)9-10-23(2,31)14-5-4-6-15(24)13-14/h4-8,11-13,31H,3,25H2,1-2H3,(H,26,27). The van der Waals surface area contributed by atoms with E-state index in [2.05, 4.69) is 26.8 Å². The normalized spacial score (nSPS) is 12.9. The summed E-state index contributed by atoms with van der Waals surface area (Å²) in [5.41, 5.74) is 5.77. The number of aromatic nitrogens is 4. The molecule has 0 spiro atoms. The van der Waals surface area contributed by atoms with Gasteiger partial charge in [0.2, 0.25) is 5.43 Å². The molecule has 0 aliphatic rings. The third-order valence-corrected chi connectivity index (χ3v) is 5.02. The molecular formula is C23H20FN5O2. The lowest BCUT2D eigenvalue weighted by molar-refractivity contribution is 0.122. The number of anilines is 1. The number of benzene rings is 1. The number of aliphatic hydroxyl groups is 1. The Labute approximate surface area is 177 Å². The molecule has 0 bridgehead atoms. The zero-order valence-electron chi connectivity index (χ0n) is 17.0. The number of hydrogen-bond donors (Lipinski definition) is 3. The first kappa shape index (κ1) is 20.3. The summed E-state index contributed by atoms with van der Waals surface area (Å²) in [6, 6.07) is 8.85. The third-order valence-electron chi connectivity index (χ3n) is 5.02. The number of imidazole rings is 1. The smallest absolute Gasteiger partial charge is 0.204 e. The molecule has 3 aromatic heterocycles. The molecule has 3 heterocycles. The highest BCUT2D eigenvalue weighted by Gasteiger charge is 2.21. The number of aryl methyl sites for hydroxylation is 1. The summed E-state index contributed by atoms with van der Waals surface area (Å²) < 4.78 is 15.2. The molecule has 0 saturated carbocycles. The summed E-state index contributed by atoms with van der Waals surface area (Å²) in [5.74, 6) is 5.73. The van der Waals surface area contributed by atoms with Gasteiger partial charge in [-0.15, -0.1) is 0 Å². The molecule has 0 radical (unpaired) electrons. The summed E-state index contributed by atoms with van der Waals surface area (Å²) >= 11 is 0. The zero-order valence-corrected chi connectivity index (χ0v) is 17.0. The van der Waals surface area contributed by atoms with E-state index in [1.807, 2.05) is 6.92 Å². The van der Waals surface area contributed by atoms with Crippen molar-refractivity contribution in [2.75, 3.05) is 5.73 Å². The van der Waals surface area contributed by atoms with Crippen molar-refractivity contribution in [1.29, 1.82) is 0 Å². The lowest BCUT2D eigenvalue weighted by Crippen LogP contribution is -2.19. The number of aromatic amines is 1. The predicted octanol–water partition coefficient (Wildman–Crippen LogP) is 2.79. The largest absolute Gasteiger partial charge is 0.384 e. The van der Waals surface area contributed by atoms with Crippen LogP contribution < -0.4 is 11.2 Å². The van der Waals surface area contributed by atoms with E-state index in [9.17, 15) is 14.3 Å². The van der Waals surface area contributed by atoms with E-state index in [4.69, 9.17) is 5.73 Å². The molecule has 31 heavy (non-hydrogen) atoms. The lowest BCUT2D eigenvalue weighted by atomic mass is 9.96. The summed E-state index contributed by atoms with van der Waals surface area (Å²) in [4.78, 5) is 24.6. The van der Waals surface area contributed by atoms with Gasteiger partial charge >= 0.3 is 0 Å². The van der Waals surface area contributed by atoms with Gasteiger partial charge in [0.25, 0.3) is 0 Å². The summed E-state index contributed by atoms with van der Waals surface area (Å²) in [6.07, 6.45) is 3.17. The van der Waals surface area contributed by atoms with Gasteiger partial charge < -0.3 is 20.4 Å². The Hall–Kier alpha value is -3.96. The third kappa shape index (κ3) is 3.67. The monoisotopic (exact) mass is 417 g/mol. The fraction of sp³-hybridized carbons (Fsp3) is 0.174. The van der Waals surface area contributed by atoms with E-state index < -0.39 is 11.4 Å². The van der Waals surface area contributed by atoms with Crippen LogP contribution in [0.4, 0.5) is 10.2 Å². The molecule has 4 N–H and O–H groups in total. The summed E-state index contributed by atoms with van der Waals surface area (Å²) in [7, 11) is 0. The Morgan fingerprint density at radius 2 is 2.13 bits per heavy atom. The second-order valence-electron chi connectivity index (χ2n) is 7.17. The van der Waals surface area contributed by atoms with Gasteiger partial charge in [-0.05, 0) is 49.6 Å². The Morgan fingerprint density at radius 1 is 1.32 bits per heavy atom. The molecule has 4 rings (SSSR count). The van der Waals surface area contributed by atoms with Gasteiger partial charge in [0.05, 0.1) is 5.39 Å². The molecule has 7 nitrogen and oxygen atoms in total. The number of nitrogens with zero attached hydrogens (tertiary/aromatic N) is 3. The first-order valence-corrected chi connectivity index (χ1v) is 9.66. The SMILES string of the molecule is CCn1c(N)c(-c2ncc[nH]2)c(=O)c2ccc(C#CC(C)(O)c3cccc(F)c3)nc21. The quantitative estimate of drug-likeness (QED) is 0.444. The highest BCUT2D eigenvalue weighted by molar-refractivity contribution is 5.86. The summed E-state index contributed by atoms with van der Waals surface area (Å²) in [6.45, 7) is 3.84. The zero-order chi connectivity index (χ0) is 22.2. The van der Waals surface area contributed by atoms with E-state index in [-0.39, 0.29) is 16.8 Å². The molecule has 0 fully saturated rings. The number of rotatable bonds is 3. The first-order valence-electron chi connectivity index (χ1n) is 9.66. The second kappa shape index (κ2) is 7.70. The van der Waals surface area contributed by atoms with Crippen molar-refractivity contribution in [3.8, 4) is 23.2 Å². The Morgan fingerprint density at radius 3 is 2.81 bits per heavy atom. The summed E-state index contributed by atoms with van der Waals surface area (Å²) in [5, 5.41) is 11.0. The van der Waals surface area contributed by atoms with Crippen molar-refractivity contribution >= 4 is 16.9 Å². The van der Waals surface area contributed by atoms with Gasteiger partial charge in [0, 0.05) is 18.9 Å². The highest BCUT2D eigenvalue weighted by Crippen LogP contribution is 2.24. The van der Waals surface area contributed by atoms with Crippen molar-refractivity contribution in [2.24, 2.45) is 0 Å². The molecule has 4 aromatic rings. The number of nitrogens with two attached hydrogens (primary N) is 1. The molecule has 1 aromatic carbocycles. The van der Waals surface area contributed by atoms with E-state index >= 15 is 0 Å². The van der Waals surface area contributed by atoms with Crippen LogP contribution in [0.5, 0.6) is 0 Å². The van der Waals surface area contributed by atoms with Gasteiger partial charge in [-0.3, -0.25) is 4.79 Å². The fourth-order valence-corrected chi connectivity index (χ4v) is 3.40. The Balaban J connectivity index is 1.84. The van der Waals surface area contributed by atoms with Crippen LogP contribution in [0, 0.1) is 17.7 Å². The Kier molecular flexibility index (Phi) is 5.05. The first-order chi connectivity index (χ1) is 14.8. The molecule has 0 aliphatic heterocycles. The minimum Gasteiger partial charge on any atom is -0.384 e. The topological polar surface area (TPSA) is 110 Å². The van der Waals surface area contributed by atoms with Crippen LogP contribution >= 0.6 is 0 Å². The van der Waals surface area contributed by atoms with Gasteiger partial charge in [0.1, 0.15) is 40.0 Å². The van der Waals surface area contributed by atoms with Crippen LogP contribution in [0.2, 0.25) is 0 Å².